The lowest BCUT2D eigenvalue weighted by atomic mass is 9.91. The first-order chi connectivity index (χ1) is 12.8. The smallest absolute Gasteiger partial charge is 0.383 e. The van der Waals surface area contributed by atoms with Crippen LogP contribution in [0.4, 0.5) is 23.4 Å². The van der Waals surface area contributed by atoms with E-state index in [-0.39, 0.29) is 17.5 Å². The van der Waals surface area contributed by atoms with E-state index in [4.69, 9.17) is 5.73 Å². The average molecular weight is 403 g/mol. The van der Waals surface area contributed by atoms with Gasteiger partial charge in [0.15, 0.2) is 0 Å². The van der Waals surface area contributed by atoms with Gasteiger partial charge in [0.25, 0.3) is 0 Å². The molecule has 1 rings (SSSR count). The van der Waals surface area contributed by atoms with Crippen molar-refractivity contribution in [2.75, 3.05) is 18.4 Å². The number of rotatable bonds is 10. The van der Waals surface area contributed by atoms with Crippen molar-refractivity contribution in [3.63, 3.8) is 0 Å². The van der Waals surface area contributed by atoms with Crippen molar-refractivity contribution in [1.82, 2.24) is 15.6 Å². The molecule has 28 heavy (non-hydrogen) atoms. The van der Waals surface area contributed by atoms with Crippen LogP contribution in [0.5, 0.6) is 0 Å². The molecule has 0 saturated carbocycles. The Kier molecular flexibility index (Phi) is 8.44. The summed E-state index contributed by atoms with van der Waals surface area (Å²) in [5.41, 5.74) is 6.75. The largest absolute Gasteiger partial charge is 0.404 e. The number of allylic oxidation sites excluding steroid dienone is 1. The summed E-state index contributed by atoms with van der Waals surface area (Å²) in [5, 5.41) is 8.60. The van der Waals surface area contributed by atoms with E-state index < -0.39 is 24.6 Å². The van der Waals surface area contributed by atoms with Gasteiger partial charge in [0.2, 0.25) is 0 Å². The predicted molar refractivity (Wildman–Crippen MR) is 104 cm³/mol. The van der Waals surface area contributed by atoms with Gasteiger partial charge in [-0.05, 0) is 17.9 Å². The molecule has 0 saturated heterocycles. The van der Waals surface area contributed by atoms with E-state index in [0.29, 0.717) is 18.1 Å². The molecule has 0 aliphatic heterocycles. The molecule has 0 unspecified atom stereocenters. The third-order valence-electron chi connectivity index (χ3n) is 3.64. The van der Waals surface area contributed by atoms with Gasteiger partial charge in [-0.2, -0.15) is 13.2 Å². The van der Waals surface area contributed by atoms with Gasteiger partial charge in [-0.15, -0.1) is 0 Å². The van der Waals surface area contributed by atoms with Crippen molar-refractivity contribution >= 4 is 5.82 Å². The molecule has 0 aliphatic rings. The Morgan fingerprint density at radius 1 is 1.21 bits per heavy atom. The molecule has 1 heterocycles. The maximum atomic E-state index is 13.8. The molecule has 9 heteroatoms. The van der Waals surface area contributed by atoms with Crippen molar-refractivity contribution < 1.29 is 17.6 Å². The van der Waals surface area contributed by atoms with Gasteiger partial charge in [-0.25, -0.2) is 9.37 Å². The highest BCUT2D eigenvalue weighted by Crippen LogP contribution is 2.22. The molecular formula is C19H29F4N5. The fraction of sp³-hybridized carbons (Fsp3) is 0.526. The Labute approximate surface area is 163 Å². The van der Waals surface area contributed by atoms with Crippen LogP contribution in [0.25, 0.3) is 0 Å². The minimum Gasteiger partial charge on any atom is -0.383 e. The standard InChI is InChI=1S/C19H29F4N5/c1-12(7-18(3,4)5)26-8-13(2)28-17-6-14(15(20)10-27-17)9-25-11-16(24)19(21,22)23/h6,10,16,25-26H,1-2,7-9,11,24H2,3-5H3,(H,27,28)/t16-/m0/s1. The van der Waals surface area contributed by atoms with Gasteiger partial charge < -0.3 is 21.7 Å². The van der Waals surface area contributed by atoms with Crippen molar-refractivity contribution in [3.8, 4) is 0 Å². The summed E-state index contributed by atoms with van der Waals surface area (Å²) in [6, 6.07) is -0.599. The van der Waals surface area contributed by atoms with E-state index in [1.165, 1.54) is 6.07 Å². The van der Waals surface area contributed by atoms with Crippen LogP contribution in [-0.2, 0) is 6.54 Å². The van der Waals surface area contributed by atoms with Crippen molar-refractivity contribution in [2.45, 2.75) is 46.0 Å². The van der Waals surface area contributed by atoms with Crippen molar-refractivity contribution in [3.05, 3.63) is 48.2 Å². The third-order valence-corrected chi connectivity index (χ3v) is 3.64. The number of halogens is 4. The second kappa shape index (κ2) is 9.88. The Morgan fingerprint density at radius 2 is 1.86 bits per heavy atom. The minimum absolute atomic E-state index is 0.105. The zero-order valence-electron chi connectivity index (χ0n) is 16.5. The minimum atomic E-state index is -4.50. The maximum absolute atomic E-state index is 13.8. The number of nitrogens with two attached hydrogens (primary N) is 1. The molecule has 0 radical (unpaired) electrons. The Bertz CT molecular complexity index is 680. The normalized spacial score (nSPS) is 13.1. The topological polar surface area (TPSA) is 75.0 Å². The molecule has 5 N–H and O–H groups in total. The fourth-order valence-electron chi connectivity index (χ4n) is 2.32. The van der Waals surface area contributed by atoms with Crippen LogP contribution in [0.3, 0.4) is 0 Å². The Hall–Kier alpha value is -2.13. The highest BCUT2D eigenvalue weighted by atomic mass is 19.4. The van der Waals surface area contributed by atoms with Crippen LogP contribution >= 0.6 is 0 Å². The zero-order valence-corrected chi connectivity index (χ0v) is 16.5. The summed E-state index contributed by atoms with van der Waals surface area (Å²) in [6.45, 7) is 13.9. The van der Waals surface area contributed by atoms with Crippen molar-refractivity contribution in [1.29, 1.82) is 0 Å². The van der Waals surface area contributed by atoms with Gasteiger partial charge in [0.05, 0.1) is 12.7 Å². The third kappa shape index (κ3) is 9.18. The summed E-state index contributed by atoms with van der Waals surface area (Å²) in [5.74, 6) is -0.285. The number of hydrogen-bond acceptors (Lipinski definition) is 5. The van der Waals surface area contributed by atoms with Gasteiger partial charge in [0.1, 0.15) is 17.7 Å². The van der Waals surface area contributed by atoms with Crippen LogP contribution < -0.4 is 21.7 Å². The second-order valence-electron chi connectivity index (χ2n) is 7.86. The average Bonchev–Trinajstić information content (AvgIpc) is 2.53. The lowest BCUT2D eigenvalue weighted by Crippen LogP contribution is -2.45. The summed E-state index contributed by atoms with van der Waals surface area (Å²) >= 11 is 0. The van der Waals surface area contributed by atoms with Crippen LogP contribution in [0.2, 0.25) is 0 Å². The molecule has 1 atom stereocenters. The van der Waals surface area contributed by atoms with Crippen LogP contribution in [0.15, 0.2) is 36.8 Å². The molecule has 158 valence electrons. The van der Waals surface area contributed by atoms with E-state index in [2.05, 4.69) is 54.9 Å². The van der Waals surface area contributed by atoms with Gasteiger partial charge in [-0.1, -0.05) is 33.9 Å². The summed E-state index contributed by atoms with van der Waals surface area (Å²) in [6.07, 6.45) is -2.70. The molecule has 1 aromatic heterocycles. The molecule has 0 spiro atoms. The summed E-state index contributed by atoms with van der Waals surface area (Å²) in [7, 11) is 0. The number of nitrogens with one attached hydrogen (secondary N) is 3. The maximum Gasteiger partial charge on any atom is 0.404 e. The summed E-state index contributed by atoms with van der Waals surface area (Å²) in [4.78, 5) is 3.92. The number of nitrogens with zero attached hydrogens (tertiary/aromatic N) is 1. The highest BCUT2D eigenvalue weighted by molar-refractivity contribution is 5.43. The molecule has 1 aromatic rings. The van der Waals surface area contributed by atoms with Crippen LogP contribution in [0.1, 0.15) is 32.8 Å². The number of pyridine rings is 1. The lowest BCUT2D eigenvalue weighted by molar-refractivity contribution is -0.146. The number of aromatic nitrogens is 1. The Morgan fingerprint density at radius 3 is 2.43 bits per heavy atom. The fourth-order valence-corrected chi connectivity index (χ4v) is 2.32. The van der Waals surface area contributed by atoms with Crippen LogP contribution in [-0.4, -0.2) is 30.3 Å². The number of hydrogen-bond donors (Lipinski definition) is 4. The van der Waals surface area contributed by atoms with Gasteiger partial charge in [-0.3, -0.25) is 0 Å². The summed E-state index contributed by atoms with van der Waals surface area (Å²) < 4.78 is 51.1. The van der Waals surface area contributed by atoms with E-state index in [0.717, 1.165) is 18.3 Å². The molecule has 0 bridgehead atoms. The number of anilines is 1. The molecule has 5 nitrogen and oxygen atoms in total. The predicted octanol–water partition coefficient (Wildman–Crippen LogP) is 3.67. The molecule has 0 amide bonds. The molecule has 0 aromatic carbocycles. The second-order valence-corrected chi connectivity index (χ2v) is 7.86. The van der Waals surface area contributed by atoms with Gasteiger partial charge >= 0.3 is 6.18 Å². The van der Waals surface area contributed by atoms with E-state index in [1.54, 1.807) is 0 Å². The first-order valence-corrected chi connectivity index (χ1v) is 8.82. The SMILES string of the molecule is C=C(CC(C)(C)C)NCC(=C)Nc1cc(CNC[C@H](N)C(F)(F)F)c(F)cn1. The lowest BCUT2D eigenvalue weighted by Gasteiger charge is -2.21. The Balaban J connectivity index is 2.55. The molecule has 0 aliphatic carbocycles. The van der Waals surface area contributed by atoms with Crippen molar-refractivity contribution in [2.24, 2.45) is 11.1 Å². The molecular weight excluding hydrogens is 374 g/mol. The number of alkyl halides is 3. The quantitative estimate of drug-likeness (QED) is 0.449. The zero-order chi connectivity index (χ0) is 21.5. The van der Waals surface area contributed by atoms with E-state index in [1.807, 2.05) is 0 Å². The first kappa shape index (κ1) is 23.9. The van der Waals surface area contributed by atoms with E-state index >= 15 is 0 Å². The molecule has 0 fully saturated rings. The van der Waals surface area contributed by atoms with Gasteiger partial charge in [0, 0.05) is 30.0 Å². The van der Waals surface area contributed by atoms with Crippen LogP contribution in [0, 0.1) is 11.2 Å². The first-order valence-electron chi connectivity index (χ1n) is 8.82. The monoisotopic (exact) mass is 403 g/mol. The highest BCUT2D eigenvalue weighted by Gasteiger charge is 2.36. The van der Waals surface area contributed by atoms with E-state index in [9.17, 15) is 17.6 Å².